The third-order valence-electron chi connectivity index (χ3n) is 4.20. The molecule has 3 nitrogen and oxygen atoms in total. The predicted molar refractivity (Wildman–Crippen MR) is 85.8 cm³/mol. The van der Waals surface area contributed by atoms with Gasteiger partial charge in [0.25, 0.3) is 0 Å². The summed E-state index contributed by atoms with van der Waals surface area (Å²) in [7, 11) is 2.10. The van der Waals surface area contributed by atoms with Gasteiger partial charge in [0.1, 0.15) is 5.82 Å². The fourth-order valence-corrected chi connectivity index (χ4v) is 2.89. The van der Waals surface area contributed by atoms with Crippen LogP contribution in [-0.2, 0) is 7.05 Å². The van der Waals surface area contributed by atoms with Crippen molar-refractivity contribution in [2.24, 2.45) is 13.0 Å². The molecule has 0 aliphatic heterocycles. The van der Waals surface area contributed by atoms with Crippen molar-refractivity contribution in [2.75, 3.05) is 0 Å². The standard InChI is InChI=1S/C17H27N3/c1-6-12(2)11-13(3)18-14(4)17-19-15-9-7-8-10-16(15)20(17)5/h7-10,12-14,18H,6,11H2,1-5H3. The van der Waals surface area contributed by atoms with E-state index in [0.717, 1.165) is 17.3 Å². The number of nitrogens with one attached hydrogen (secondary N) is 1. The highest BCUT2D eigenvalue weighted by Gasteiger charge is 2.17. The van der Waals surface area contributed by atoms with Gasteiger partial charge in [-0.15, -0.1) is 0 Å². The van der Waals surface area contributed by atoms with Crippen molar-refractivity contribution in [3.63, 3.8) is 0 Å². The Kier molecular flexibility index (Phi) is 4.81. The van der Waals surface area contributed by atoms with Gasteiger partial charge >= 0.3 is 0 Å². The number of imidazole rings is 1. The van der Waals surface area contributed by atoms with E-state index in [9.17, 15) is 0 Å². The van der Waals surface area contributed by atoms with Crippen molar-refractivity contribution >= 4 is 11.0 Å². The Labute approximate surface area is 122 Å². The number of hydrogen-bond acceptors (Lipinski definition) is 2. The van der Waals surface area contributed by atoms with Crippen molar-refractivity contribution in [3.8, 4) is 0 Å². The van der Waals surface area contributed by atoms with E-state index in [1.54, 1.807) is 0 Å². The van der Waals surface area contributed by atoms with Gasteiger partial charge in [0.2, 0.25) is 0 Å². The lowest BCUT2D eigenvalue weighted by Crippen LogP contribution is -2.31. The summed E-state index contributed by atoms with van der Waals surface area (Å²) in [5, 5.41) is 3.68. The highest BCUT2D eigenvalue weighted by atomic mass is 15.1. The first-order valence-electron chi connectivity index (χ1n) is 7.70. The molecule has 3 heteroatoms. The van der Waals surface area contributed by atoms with Crippen molar-refractivity contribution in [2.45, 2.75) is 52.6 Å². The number of hydrogen-bond donors (Lipinski definition) is 1. The lowest BCUT2D eigenvalue weighted by Gasteiger charge is -2.22. The third kappa shape index (κ3) is 3.21. The third-order valence-corrected chi connectivity index (χ3v) is 4.20. The highest BCUT2D eigenvalue weighted by Crippen LogP contribution is 2.20. The van der Waals surface area contributed by atoms with Gasteiger partial charge in [-0.2, -0.15) is 0 Å². The highest BCUT2D eigenvalue weighted by molar-refractivity contribution is 5.75. The molecule has 1 N–H and O–H groups in total. The number of benzene rings is 1. The van der Waals surface area contributed by atoms with Gasteiger partial charge in [-0.05, 0) is 38.3 Å². The van der Waals surface area contributed by atoms with Crippen LogP contribution < -0.4 is 5.32 Å². The van der Waals surface area contributed by atoms with Gasteiger partial charge in [-0.25, -0.2) is 4.98 Å². The van der Waals surface area contributed by atoms with Crippen LogP contribution >= 0.6 is 0 Å². The van der Waals surface area contributed by atoms with E-state index >= 15 is 0 Å². The molecule has 0 spiro atoms. The molecule has 2 aromatic rings. The van der Waals surface area contributed by atoms with Gasteiger partial charge in [-0.1, -0.05) is 32.4 Å². The molecule has 2 rings (SSSR count). The Morgan fingerprint density at radius 2 is 1.90 bits per heavy atom. The van der Waals surface area contributed by atoms with Gasteiger partial charge in [0, 0.05) is 13.1 Å². The minimum absolute atomic E-state index is 0.270. The number of aryl methyl sites for hydroxylation is 1. The average molecular weight is 273 g/mol. The van der Waals surface area contributed by atoms with Crippen molar-refractivity contribution < 1.29 is 0 Å². The number of fused-ring (bicyclic) bond motifs is 1. The van der Waals surface area contributed by atoms with Crippen LogP contribution in [0.5, 0.6) is 0 Å². The van der Waals surface area contributed by atoms with E-state index in [-0.39, 0.29) is 6.04 Å². The van der Waals surface area contributed by atoms with Crippen LogP contribution in [0.3, 0.4) is 0 Å². The molecule has 1 aromatic heterocycles. The van der Waals surface area contributed by atoms with Crippen LogP contribution in [0, 0.1) is 5.92 Å². The summed E-state index contributed by atoms with van der Waals surface area (Å²) in [6.45, 7) is 9.05. The second kappa shape index (κ2) is 6.40. The number of rotatable bonds is 6. The molecule has 1 aromatic carbocycles. The number of para-hydroxylation sites is 2. The molecule has 0 fully saturated rings. The van der Waals surface area contributed by atoms with E-state index < -0.39 is 0 Å². The summed E-state index contributed by atoms with van der Waals surface area (Å²) >= 11 is 0. The molecule has 0 bridgehead atoms. The number of aromatic nitrogens is 2. The van der Waals surface area contributed by atoms with E-state index in [4.69, 9.17) is 4.98 Å². The normalized spacial score (nSPS) is 16.2. The molecular formula is C17H27N3. The molecule has 20 heavy (non-hydrogen) atoms. The summed E-state index contributed by atoms with van der Waals surface area (Å²) in [4.78, 5) is 4.77. The fourth-order valence-electron chi connectivity index (χ4n) is 2.89. The first kappa shape index (κ1) is 15.0. The molecule has 3 atom stereocenters. The molecule has 3 unspecified atom stereocenters. The summed E-state index contributed by atoms with van der Waals surface area (Å²) in [6.07, 6.45) is 2.46. The average Bonchev–Trinajstić information content (AvgIpc) is 2.76. The van der Waals surface area contributed by atoms with Gasteiger partial charge in [0.05, 0.1) is 17.1 Å². The molecule has 0 saturated carbocycles. The van der Waals surface area contributed by atoms with E-state index in [0.29, 0.717) is 6.04 Å². The van der Waals surface area contributed by atoms with Gasteiger partial charge in [0.15, 0.2) is 0 Å². The Balaban J connectivity index is 2.11. The van der Waals surface area contributed by atoms with E-state index in [2.05, 4.69) is 62.8 Å². The Morgan fingerprint density at radius 1 is 1.20 bits per heavy atom. The molecule has 0 aliphatic carbocycles. The molecule has 1 heterocycles. The smallest absolute Gasteiger partial charge is 0.126 e. The topological polar surface area (TPSA) is 29.9 Å². The lowest BCUT2D eigenvalue weighted by atomic mass is 10.00. The van der Waals surface area contributed by atoms with Gasteiger partial charge in [-0.3, -0.25) is 0 Å². The van der Waals surface area contributed by atoms with Crippen LogP contribution in [0.1, 0.15) is 52.4 Å². The van der Waals surface area contributed by atoms with E-state index in [1.807, 2.05) is 6.07 Å². The molecule has 0 saturated heterocycles. The monoisotopic (exact) mass is 273 g/mol. The van der Waals surface area contributed by atoms with Crippen LogP contribution in [-0.4, -0.2) is 15.6 Å². The first-order valence-corrected chi connectivity index (χ1v) is 7.70. The predicted octanol–water partition coefficient (Wildman–Crippen LogP) is 4.05. The fraction of sp³-hybridized carbons (Fsp3) is 0.588. The largest absolute Gasteiger partial charge is 0.330 e. The molecule has 0 radical (unpaired) electrons. The minimum atomic E-state index is 0.270. The molecule has 0 amide bonds. The van der Waals surface area contributed by atoms with Crippen molar-refractivity contribution in [1.82, 2.24) is 14.9 Å². The zero-order valence-corrected chi connectivity index (χ0v) is 13.4. The lowest BCUT2D eigenvalue weighted by molar-refractivity contribution is 0.377. The minimum Gasteiger partial charge on any atom is -0.330 e. The van der Waals surface area contributed by atoms with Crippen molar-refractivity contribution in [3.05, 3.63) is 30.1 Å². The van der Waals surface area contributed by atoms with Crippen LogP contribution in [0.4, 0.5) is 0 Å². The second-order valence-corrected chi connectivity index (χ2v) is 6.06. The van der Waals surface area contributed by atoms with Crippen LogP contribution in [0.15, 0.2) is 24.3 Å². The summed E-state index contributed by atoms with van der Waals surface area (Å²) < 4.78 is 2.20. The SMILES string of the molecule is CCC(C)CC(C)NC(C)c1nc2ccccc2n1C. The molecule has 0 aliphatic rings. The maximum atomic E-state index is 4.77. The molecular weight excluding hydrogens is 246 g/mol. The Morgan fingerprint density at radius 3 is 2.55 bits per heavy atom. The zero-order valence-electron chi connectivity index (χ0n) is 13.4. The Hall–Kier alpha value is -1.35. The van der Waals surface area contributed by atoms with E-state index in [1.165, 1.54) is 18.4 Å². The maximum Gasteiger partial charge on any atom is 0.126 e. The maximum absolute atomic E-state index is 4.77. The Bertz CT molecular complexity index is 558. The summed E-state index contributed by atoms with van der Waals surface area (Å²) in [5.74, 6) is 1.88. The second-order valence-electron chi connectivity index (χ2n) is 6.06. The van der Waals surface area contributed by atoms with Crippen LogP contribution in [0.2, 0.25) is 0 Å². The van der Waals surface area contributed by atoms with Crippen LogP contribution in [0.25, 0.3) is 11.0 Å². The van der Waals surface area contributed by atoms with Crippen molar-refractivity contribution in [1.29, 1.82) is 0 Å². The zero-order chi connectivity index (χ0) is 14.7. The summed E-state index contributed by atoms with van der Waals surface area (Å²) in [5.41, 5.74) is 2.28. The first-order chi connectivity index (χ1) is 9.52. The summed E-state index contributed by atoms with van der Waals surface area (Å²) in [6, 6.07) is 9.10. The van der Waals surface area contributed by atoms with Gasteiger partial charge < -0.3 is 9.88 Å². The quantitative estimate of drug-likeness (QED) is 0.860. The number of nitrogens with zero attached hydrogens (tertiary/aromatic N) is 2. The molecule has 110 valence electrons.